The third-order valence-corrected chi connectivity index (χ3v) is 5.71. The van der Waals surface area contributed by atoms with Gasteiger partial charge in [0.1, 0.15) is 17.2 Å². The number of hydrogen-bond acceptors (Lipinski definition) is 5. The van der Waals surface area contributed by atoms with Crippen LogP contribution in [-0.2, 0) is 28.0 Å². The summed E-state index contributed by atoms with van der Waals surface area (Å²) in [6.07, 6.45) is 3.35. The molecule has 1 spiro atoms. The van der Waals surface area contributed by atoms with E-state index in [1.54, 1.807) is 7.11 Å². The van der Waals surface area contributed by atoms with Gasteiger partial charge < -0.3 is 14.4 Å². The molecule has 3 heterocycles. The number of benzene rings is 1. The molecule has 2 aliphatic rings. The summed E-state index contributed by atoms with van der Waals surface area (Å²) >= 11 is 5.70. The van der Waals surface area contributed by atoms with Crippen molar-refractivity contribution in [1.82, 2.24) is 20.1 Å². The van der Waals surface area contributed by atoms with Crippen molar-refractivity contribution in [2.24, 2.45) is 0 Å². The molecule has 27 heavy (non-hydrogen) atoms. The number of ether oxygens (including phenoxy) is 2. The number of nitrogens with zero attached hydrogens (tertiary/aromatic N) is 3. The molecule has 1 amide bonds. The molecule has 7 nitrogen and oxygen atoms in total. The van der Waals surface area contributed by atoms with E-state index < -0.39 is 0 Å². The monoisotopic (exact) mass is 390 g/mol. The molecule has 2 aliphatic heterocycles. The highest BCUT2D eigenvalue weighted by Crippen LogP contribution is 2.45. The number of aryl methyl sites for hydroxylation is 1. The van der Waals surface area contributed by atoms with E-state index in [-0.39, 0.29) is 16.8 Å². The van der Waals surface area contributed by atoms with Crippen molar-refractivity contribution >= 4 is 17.5 Å². The summed E-state index contributed by atoms with van der Waals surface area (Å²) in [6, 6.07) is 6.18. The van der Waals surface area contributed by atoms with Gasteiger partial charge in [-0.1, -0.05) is 12.1 Å². The average molecular weight is 391 g/mol. The summed E-state index contributed by atoms with van der Waals surface area (Å²) in [5, 5.41) is 6.69. The number of fused-ring (bicyclic) bond motifs is 2. The lowest BCUT2D eigenvalue weighted by atomic mass is 9.78. The van der Waals surface area contributed by atoms with E-state index in [0.29, 0.717) is 38.4 Å². The predicted molar refractivity (Wildman–Crippen MR) is 99.9 cm³/mol. The predicted octanol–water partition coefficient (Wildman–Crippen LogP) is 2.49. The first-order valence-corrected chi connectivity index (χ1v) is 9.64. The lowest BCUT2D eigenvalue weighted by Crippen LogP contribution is -2.48. The Kier molecular flexibility index (Phi) is 5.06. The minimum atomic E-state index is -0.352. The number of carbonyl (C=O) groups excluding carboxylic acids is 1. The number of amides is 1. The summed E-state index contributed by atoms with van der Waals surface area (Å²) in [7, 11) is 1.70. The van der Waals surface area contributed by atoms with Crippen LogP contribution in [0, 0.1) is 0 Å². The Morgan fingerprint density at radius 2 is 2.22 bits per heavy atom. The van der Waals surface area contributed by atoms with Gasteiger partial charge in [0.2, 0.25) is 11.2 Å². The molecule has 0 bridgehead atoms. The van der Waals surface area contributed by atoms with Crippen molar-refractivity contribution in [3.05, 3.63) is 40.4 Å². The van der Waals surface area contributed by atoms with E-state index >= 15 is 0 Å². The first-order chi connectivity index (χ1) is 13.1. The maximum atomic E-state index is 12.6. The molecule has 8 heteroatoms. The quantitative estimate of drug-likeness (QED) is 0.867. The van der Waals surface area contributed by atoms with Gasteiger partial charge >= 0.3 is 0 Å². The van der Waals surface area contributed by atoms with Crippen molar-refractivity contribution in [2.45, 2.75) is 37.7 Å². The van der Waals surface area contributed by atoms with Crippen molar-refractivity contribution in [3.63, 3.8) is 0 Å². The summed E-state index contributed by atoms with van der Waals surface area (Å²) in [5.41, 5.74) is 2.11. The lowest BCUT2D eigenvalue weighted by molar-refractivity contribution is -0.140. The van der Waals surface area contributed by atoms with Crippen LogP contribution in [0.1, 0.15) is 36.2 Å². The van der Waals surface area contributed by atoms with Crippen LogP contribution in [0.4, 0.5) is 0 Å². The van der Waals surface area contributed by atoms with Gasteiger partial charge in [0.25, 0.3) is 0 Å². The van der Waals surface area contributed by atoms with Gasteiger partial charge in [-0.15, -0.1) is 5.10 Å². The molecule has 0 aliphatic carbocycles. The fourth-order valence-electron chi connectivity index (χ4n) is 4.18. The Morgan fingerprint density at radius 1 is 1.41 bits per heavy atom. The summed E-state index contributed by atoms with van der Waals surface area (Å²) in [4.78, 5) is 18.5. The maximum Gasteiger partial charge on any atom is 0.242 e. The van der Waals surface area contributed by atoms with Crippen LogP contribution in [-0.4, -0.2) is 52.8 Å². The molecular weight excluding hydrogens is 368 g/mol. The van der Waals surface area contributed by atoms with E-state index in [1.165, 1.54) is 11.1 Å². The molecule has 1 aromatic carbocycles. The van der Waals surface area contributed by atoms with E-state index in [1.807, 2.05) is 17.0 Å². The van der Waals surface area contributed by atoms with Crippen LogP contribution in [0.3, 0.4) is 0 Å². The molecule has 1 aromatic heterocycles. The number of hydrogen-bond donors (Lipinski definition) is 1. The molecule has 4 rings (SSSR count). The van der Waals surface area contributed by atoms with Crippen molar-refractivity contribution < 1.29 is 14.3 Å². The van der Waals surface area contributed by atoms with Gasteiger partial charge in [0.05, 0.1) is 13.7 Å². The van der Waals surface area contributed by atoms with Crippen molar-refractivity contribution in [2.75, 3.05) is 26.8 Å². The number of aromatic nitrogens is 3. The Labute approximate surface area is 163 Å². The number of methoxy groups -OCH3 is 1. The molecule has 1 N–H and O–H groups in total. The summed E-state index contributed by atoms with van der Waals surface area (Å²) in [6.45, 7) is 2.06. The van der Waals surface area contributed by atoms with Crippen LogP contribution in [0.15, 0.2) is 18.2 Å². The Bertz CT molecular complexity index is 816. The fourth-order valence-corrected chi connectivity index (χ4v) is 4.32. The highest BCUT2D eigenvalue weighted by atomic mass is 35.5. The molecule has 0 unspecified atom stereocenters. The number of piperidine rings is 1. The average Bonchev–Trinajstić information content (AvgIpc) is 3.12. The number of nitrogens with one attached hydrogen (secondary N) is 1. The highest BCUT2D eigenvalue weighted by molar-refractivity contribution is 6.28. The molecule has 144 valence electrons. The van der Waals surface area contributed by atoms with Crippen LogP contribution in [0.2, 0.25) is 5.28 Å². The number of likely N-dealkylation sites (tertiary alicyclic amines) is 1. The van der Waals surface area contributed by atoms with Gasteiger partial charge in [0.15, 0.2) is 0 Å². The number of rotatable bonds is 4. The largest absolute Gasteiger partial charge is 0.496 e. The zero-order valence-electron chi connectivity index (χ0n) is 15.3. The molecular formula is C19H23ClN4O3. The normalized spacial score (nSPS) is 18.4. The van der Waals surface area contributed by atoms with Gasteiger partial charge in [0, 0.05) is 31.5 Å². The van der Waals surface area contributed by atoms with Gasteiger partial charge in [-0.25, -0.2) is 4.98 Å². The van der Waals surface area contributed by atoms with E-state index in [0.717, 1.165) is 25.0 Å². The van der Waals surface area contributed by atoms with Gasteiger partial charge in [-0.2, -0.15) is 0 Å². The first kappa shape index (κ1) is 18.3. The van der Waals surface area contributed by atoms with Crippen LogP contribution >= 0.6 is 11.6 Å². The molecule has 1 saturated heterocycles. The number of aromatic amines is 1. The SMILES string of the molecule is COc1cccc2c1C1(CCN(C(=O)CCc3nc(Cl)n[nH]3)CC1)OCC2. The van der Waals surface area contributed by atoms with Gasteiger partial charge in [-0.3, -0.25) is 9.89 Å². The smallest absolute Gasteiger partial charge is 0.242 e. The Hall–Kier alpha value is -2.12. The summed E-state index contributed by atoms with van der Waals surface area (Å²) < 4.78 is 11.9. The molecule has 0 radical (unpaired) electrons. The minimum absolute atomic E-state index is 0.119. The second-order valence-electron chi connectivity index (χ2n) is 7.02. The first-order valence-electron chi connectivity index (χ1n) is 9.26. The second kappa shape index (κ2) is 7.48. The topological polar surface area (TPSA) is 80.3 Å². The number of halogens is 1. The summed E-state index contributed by atoms with van der Waals surface area (Å²) in [5.74, 6) is 1.64. The van der Waals surface area contributed by atoms with Crippen molar-refractivity contribution in [1.29, 1.82) is 0 Å². The van der Waals surface area contributed by atoms with E-state index in [9.17, 15) is 4.79 Å². The highest BCUT2D eigenvalue weighted by Gasteiger charge is 2.43. The van der Waals surface area contributed by atoms with Crippen LogP contribution in [0.25, 0.3) is 0 Å². The standard InChI is InChI=1S/C19H23ClN4O3/c1-26-14-4-2-3-13-7-12-27-19(17(13)14)8-10-24(11-9-19)16(25)6-5-15-21-18(20)23-22-15/h2-4H,5-12H2,1H3,(H,21,22,23). The lowest BCUT2D eigenvalue weighted by Gasteiger charge is -2.45. The molecule has 0 atom stereocenters. The van der Waals surface area contributed by atoms with Crippen LogP contribution < -0.4 is 4.74 Å². The van der Waals surface area contributed by atoms with Gasteiger partial charge in [-0.05, 0) is 42.5 Å². The van der Waals surface area contributed by atoms with E-state index in [4.69, 9.17) is 21.1 Å². The fraction of sp³-hybridized carbons (Fsp3) is 0.526. The minimum Gasteiger partial charge on any atom is -0.496 e. The molecule has 1 fully saturated rings. The Morgan fingerprint density at radius 3 is 2.93 bits per heavy atom. The number of carbonyl (C=O) groups is 1. The maximum absolute atomic E-state index is 12.6. The third-order valence-electron chi connectivity index (χ3n) is 5.54. The van der Waals surface area contributed by atoms with Crippen LogP contribution in [0.5, 0.6) is 5.75 Å². The number of H-pyrrole nitrogens is 1. The zero-order valence-corrected chi connectivity index (χ0v) is 16.1. The van der Waals surface area contributed by atoms with Crippen molar-refractivity contribution in [3.8, 4) is 5.75 Å². The zero-order chi connectivity index (χ0) is 18.9. The Balaban J connectivity index is 1.43. The van der Waals surface area contributed by atoms with E-state index in [2.05, 4.69) is 21.2 Å². The molecule has 0 saturated carbocycles. The third kappa shape index (κ3) is 3.53. The molecule has 2 aromatic rings. The second-order valence-corrected chi connectivity index (χ2v) is 7.36.